The van der Waals surface area contributed by atoms with Gasteiger partial charge in [0.15, 0.2) is 5.82 Å². The Bertz CT molecular complexity index is 1620. The van der Waals surface area contributed by atoms with Crippen LogP contribution in [-0.2, 0) is 10.0 Å². The Balaban J connectivity index is 1.37. The van der Waals surface area contributed by atoms with Gasteiger partial charge in [0.2, 0.25) is 0 Å². The number of aromatic nitrogens is 2. The number of rotatable bonds is 7. The Morgan fingerprint density at radius 3 is 2.41 bits per heavy atom. The predicted molar refractivity (Wildman–Crippen MR) is 144 cm³/mol. The van der Waals surface area contributed by atoms with Crippen LogP contribution >= 0.6 is 11.3 Å². The van der Waals surface area contributed by atoms with Crippen LogP contribution in [0.3, 0.4) is 0 Å². The van der Waals surface area contributed by atoms with Crippen molar-refractivity contribution in [3.63, 3.8) is 0 Å². The fourth-order valence-corrected chi connectivity index (χ4v) is 7.42. The minimum absolute atomic E-state index is 0.111. The van der Waals surface area contributed by atoms with E-state index in [4.69, 9.17) is 4.98 Å². The van der Waals surface area contributed by atoms with Crippen LogP contribution in [0, 0.1) is 17.5 Å². The number of halogens is 3. The SMILES string of the molecule is O=S(=O)(Nc1cccc(-c2nc(C3CCN(C4CC4)CC3)sc2-c2ccncc2)c1F)c1cc(F)ccc1F. The summed E-state index contributed by atoms with van der Waals surface area (Å²) < 4.78 is 71.6. The fraction of sp³-hybridized carbons (Fsp3) is 0.286. The molecule has 1 saturated heterocycles. The van der Waals surface area contributed by atoms with Gasteiger partial charge in [-0.15, -0.1) is 11.3 Å². The van der Waals surface area contributed by atoms with E-state index in [0.29, 0.717) is 23.9 Å². The molecule has 0 amide bonds. The summed E-state index contributed by atoms with van der Waals surface area (Å²) in [6.45, 7) is 2.02. The molecule has 39 heavy (non-hydrogen) atoms. The lowest BCUT2D eigenvalue weighted by atomic mass is 9.97. The van der Waals surface area contributed by atoms with Crippen molar-refractivity contribution in [3.05, 3.63) is 83.4 Å². The predicted octanol–water partition coefficient (Wildman–Crippen LogP) is 6.43. The highest BCUT2D eigenvalue weighted by Crippen LogP contribution is 2.44. The maximum absolute atomic E-state index is 15.9. The first-order valence-corrected chi connectivity index (χ1v) is 15.0. The van der Waals surface area contributed by atoms with E-state index in [1.807, 2.05) is 12.1 Å². The monoisotopic (exact) mass is 570 g/mol. The summed E-state index contributed by atoms with van der Waals surface area (Å²) in [7, 11) is -4.61. The Morgan fingerprint density at radius 1 is 0.949 bits per heavy atom. The highest BCUT2D eigenvalue weighted by atomic mass is 32.2. The number of anilines is 1. The third-order valence-electron chi connectivity index (χ3n) is 7.21. The van der Waals surface area contributed by atoms with Gasteiger partial charge in [0, 0.05) is 29.9 Å². The van der Waals surface area contributed by atoms with Crippen molar-refractivity contribution < 1.29 is 21.6 Å². The van der Waals surface area contributed by atoms with Crippen molar-refractivity contribution in [1.29, 1.82) is 0 Å². The molecule has 0 atom stereocenters. The molecule has 11 heteroatoms. The molecule has 6 rings (SSSR count). The van der Waals surface area contributed by atoms with Crippen molar-refractivity contribution in [1.82, 2.24) is 14.9 Å². The summed E-state index contributed by atoms with van der Waals surface area (Å²) >= 11 is 1.51. The molecule has 1 aliphatic carbocycles. The minimum atomic E-state index is -4.61. The maximum atomic E-state index is 15.9. The second kappa shape index (κ2) is 10.4. The largest absolute Gasteiger partial charge is 0.300 e. The number of nitrogens with one attached hydrogen (secondary N) is 1. The standard InChI is InChI=1S/C28H25F3N4O2S2/c29-19-4-7-22(30)24(16-19)39(36,37)34-23-3-1-2-21(25(23)31)26-27(17-8-12-32-13-9-17)38-28(33-26)18-10-14-35(15-11-18)20-5-6-20/h1-4,7-9,12-13,16,18,20,34H,5-6,10-11,14-15H2. The molecule has 2 aromatic carbocycles. The average Bonchev–Trinajstić information content (AvgIpc) is 3.70. The highest BCUT2D eigenvalue weighted by Gasteiger charge is 2.33. The second-order valence-corrected chi connectivity index (χ2v) is 12.5. The number of benzene rings is 2. The summed E-state index contributed by atoms with van der Waals surface area (Å²) in [5.74, 6) is -2.67. The van der Waals surface area contributed by atoms with Gasteiger partial charge in [-0.2, -0.15) is 0 Å². The van der Waals surface area contributed by atoms with Gasteiger partial charge >= 0.3 is 0 Å². The number of piperidine rings is 1. The lowest BCUT2D eigenvalue weighted by Gasteiger charge is -2.30. The van der Waals surface area contributed by atoms with E-state index < -0.39 is 32.4 Å². The van der Waals surface area contributed by atoms with E-state index in [0.717, 1.165) is 47.4 Å². The van der Waals surface area contributed by atoms with Gasteiger partial charge in [0.25, 0.3) is 10.0 Å². The van der Waals surface area contributed by atoms with Crippen molar-refractivity contribution in [2.45, 2.75) is 42.5 Å². The normalized spacial score (nSPS) is 16.9. The van der Waals surface area contributed by atoms with Crippen LogP contribution in [0.15, 0.2) is 65.8 Å². The molecule has 1 aliphatic heterocycles. The Labute approximate surface area is 228 Å². The van der Waals surface area contributed by atoms with Crippen molar-refractivity contribution in [2.24, 2.45) is 0 Å². The highest BCUT2D eigenvalue weighted by molar-refractivity contribution is 7.92. The number of hydrogen-bond donors (Lipinski definition) is 1. The summed E-state index contributed by atoms with van der Waals surface area (Å²) in [4.78, 5) is 11.4. The van der Waals surface area contributed by atoms with Gasteiger partial charge in [-0.1, -0.05) is 6.07 Å². The first kappa shape index (κ1) is 26.0. The molecule has 1 N–H and O–H groups in total. The smallest absolute Gasteiger partial charge is 0.265 e. The first-order valence-electron chi connectivity index (χ1n) is 12.7. The number of sulfonamides is 1. The topological polar surface area (TPSA) is 75.2 Å². The quantitative estimate of drug-likeness (QED) is 0.277. The van der Waals surface area contributed by atoms with Crippen molar-refractivity contribution in [3.8, 4) is 21.7 Å². The van der Waals surface area contributed by atoms with Gasteiger partial charge in [-0.3, -0.25) is 9.71 Å². The molecular weight excluding hydrogens is 545 g/mol. The second-order valence-electron chi connectivity index (χ2n) is 9.85. The van der Waals surface area contributed by atoms with Crippen LogP contribution in [0.25, 0.3) is 21.7 Å². The van der Waals surface area contributed by atoms with Gasteiger partial charge < -0.3 is 4.90 Å². The van der Waals surface area contributed by atoms with E-state index >= 15 is 4.39 Å². The molecule has 3 heterocycles. The van der Waals surface area contributed by atoms with Gasteiger partial charge in [-0.25, -0.2) is 26.6 Å². The molecule has 0 spiro atoms. The number of likely N-dealkylation sites (tertiary alicyclic amines) is 1. The molecule has 6 nitrogen and oxygen atoms in total. The zero-order chi connectivity index (χ0) is 27.1. The van der Waals surface area contributed by atoms with E-state index in [1.54, 1.807) is 12.4 Å². The zero-order valence-corrected chi connectivity index (χ0v) is 22.4. The molecule has 2 aliphatic rings. The first-order chi connectivity index (χ1) is 18.8. The number of nitrogens with zero attached hydrogens (tertiary/aromatic N) is 3. The number of thiazole rings is 1. The van der Waals surface area contributed by atoms with E-state index in [1.165, 1.54) is 42.4 Å². The van der Waals surface area contributed by atoms with Crippen LogP contribution in [0.1, 0.15) is 36.6 Å². The summed E-state index contributed by atoms with van der Waals surface area (Å²) in [6, 6.07) is 10.7. The minimum Gasteiger partial charge on any atom is -0.300 e. The Kier molecular flexibility index (Phi) is 6.90. The molecule has 2 fully saturated rings. The van der Waals surface area contributed by atoms with Gasteiger partial charge in [-0.05, 0) is 86.8 Å². The molecule has 0 unspecified atom stereocenters. The maximum Gasteiger partial charge on any atom is 0.265 e. The van der Waals surface area contributed by atoms with E-state index in [9.17, 15) is 17.2 Å². The summed E-state index contributed by atoms with van der Waals surface area (Å²) in [5, 5.41) is 0.916. The molecule has 0 radical (unpaired) electrons. The van der Waals surface area contributed by atoms with Crippen LogP contribution in [0.2, 0.25) is 0 Å². The Morgan fingerprint density at radius 2 is 1.69 bits per heavy atom. The Hall–Kier alpha value is -3.28. The molecule has 202 valence electrons. The van der Waals surface area contributed by atoms with Crippen molar-refractivity contribution >= 4 is 27.0 Å². The third-order valence-corrected chi connectivity index (χ3v) is 9.86. The van der Waals surface area contributed by atoms with Crippen molar-refractivity contribution in [2.75, 3.05) is 17.8 Å². The van der Waals surface area contributed by atoms with Gasteiger partial charge in [0.05, 0.1) is 21.3 Å². The van der Waals surface area contributed by atoms with Crippen LogP contribution in [0.4, 0.5) is 18.9 Å². The lowest BCUT2D eigenvalue weighted by Crippen LogP contribution is -2.34. The molecule has 2 aromatic heterocycles. The molecular formula is C28H25F3N4O2S2. The van der Waals surface area contributed by atoms with Crippen LogP contribution < -0.4 is 4.72 Å². The van der Waals surface area contributed by atoms with Gasteiger partial charge in [0.1, 0.15) is 16.5 Å². The molecule has 1 saturated carbocycles. The van der Waals surface area contributed by atoms with Crippen LogP contribution in [-0.4, -0.2) is 42.4 Å². The van der Waals surface area contributed by atoms with E-state index in [-0.39, 0.29) is 17.2 Å². The molecule has 0 bridgehead atoms. The van der Waals surface area contributed by atoms with E-state index in [2.05, 4.69) is 14.6 Å². The zero-order valence-electron chi connectivity index (χ0n) is 20.8. The fourth-order valence-electron chi connectivity index (χ4n) is 5.02. The molecule has 4 aromatic rings. The average molecular weight is 571 g/mol. The number of hydrogen-bond acceptors (Lipinski definition) is 6. The van der Waals surface area contributed by atoms with Crippen LogP contribution in [0.5, 0.6) is 0 Å². The summed E-state index contributed by atoms with van der Waals surface area (Å²) in [5.41, 5.74) is 0.955. The number of pyridine rings is 1. The third kappa shape index (κ3) is 5.30. The lowest BCUT2D eigenvalue weighted by molar-refractivity contribution is 0.203. The summed E-state index contributed by atoms with van der Waals surface area (Å²) in [6.07, 6.45) is 7.79.